The summed E-state index contributed by atoms with van der Waals surface area (Å²) in [6, 6.07) is 7.27. The van der Waals surface area contributed by atoms with E-state index in [2.05, 4.69) is 15.3 Å². The van der Waals surface area contributed by atoms with Crippen LogP contribution in [0.5, 0.6) is 0 Å². The quantitative estimate of drug-likeness (QED) is 0.525. The maximum atomic E-state index is 13.0. The number of rotatable bonds is 6. The van der Waals surface area contributed by atoms with Crippen LogP contribution >= 0.6 is 0 Å². The lowest BCUT2D eigenvalue weighted by molar-refractivity contribution is -0.124. The zero-order chi connectivity index (χ0) is 19.7. The fourth-order valence-corrected chi connectivity index (χ4v) is 3.57. The number of nitrogens with zero attached hydrogens (tertiary/aromatic N) is 4. The summed E-state index contributed by atoms with van der Waals surface area (Å²) >= 11 is 0. The van der Waals surface area contributed by atoms with Crippen molar-refractivity contribution in [3.63, 3.8) is 0 Å². The standard InChI is InChI=1S/C21H21N5O2/c1-3-18(26-13-17(14(2)27)16-6-4-5-7-19(16)26)21(28)24-11-15-10-23-20-12-22-8-9-25(15)20/h4-10,12-13,18H,3,11H2,1-2H3,(H,24,28)/t18-/m0/s1. The first-order chi connectivity index (χ1) is 13.6. The van der Waals surface area contributed by atoms with Crippen molar-refractivity contribution in [2.75, 3.05) is 0 Å². The Labute approximate surface area is 162 Å². The number of carbonyl (C=O) groups excluding carboxylic acids is 2. The summed E-state index contributed by atoms with van der Waals surface area (Å²) in [6.45, 7) is 3.87. The molecule has 0 bridgehead atoms. The van der Waals surface area contributed by atoms with Gasteiger partial charge in [0.2, 0.25) is 5.91 Å². The van der Waals surface area contributed by atoms with E-state index in [1.165, 1.54) is 0 Å². The van der Waals surface area contributed by atoms with Crippen molar-refractivity contribution < 1.29 is 9.59 Å². The summed E-state index contributed by atoms with van der Waals surface area (Å²) in [5.41, 5.74) is 3.13. The number of amides is 1. The zero-order valence-corrected chi connectivity index (χ0v) is 15.8. The van der Waals surface area contributed by atoms with Crippen molar-refractivity contribution in [2.45, 2.75) is 32.9 Å². The third-order valence-corrected chi connectivity index (χ3v) is 4.98. The monoisotopic (exact) mass is 375 g/mol. The molecule has 0 saturated heterocycles. The van der Waals surface area contributed by atoms with Gasteiger partial charge < -0.3 is 9.88 Å². The second-order valence-electron chi connectivity index (χ2n) is 6.72. The van der Waals surface area contributed by atoms with Gasteiger partial charge in [-0.1, -0.05) is 25.1 Å². The van der Waals surface area contributed by atoms with Gasteiger partial charge in [-0.15, -0.1) is 0 Å². The van der Waals surface area contributed by atoms with E-state index in [0.717, 1.165) is 22.2 Å². The molecule has 3 aromatic heterocycles. The summed E-state index contributed by atoms with van der Waals surface area (Å²) in [5.74, 6) is -0.105. The van der Waals surface area contributed by atoms with Crippen molar-refractivity contribution in [1.82, 2.24) is 24.3 Å². The topological polar surface area (TPSA) is 81.3 Å². The number of aromatic nitrogens is 4. The van der Waals surface area contributed by atoms with Gasteiger partial charge in [-0.3, -0.25) is 19.0 Å². The van der Waals surface area contributed by atoms with Crippen LogP contribution in [-0.4, -0.2) is 30.6 Å². The fourth-order valence-electron chi connectivity index (χ4n) is 3.57. The minimum atomic E-state index is -0.404. The SMILES string of the molecule is CC[C@@H](C(=O)NCc1cnc2cnccn12)n1cc(C(C)=O)c2ccccc21. The van der Waals surface area contributed by atoms with E-state index >= 15 is 0 Å². The molecule has 142 valence electrons. The normalized spacial score (nSPS) is 12.4. The first kappa shape index (κ1) is 17.9. The third kappa shape index (κ3) is 3.05. The van der Waals surface area contributed by atoms with Crippen LogP contribution in [0.4, 0.5) is 0 Å². The molecule has 0 fully saturated rings. The average molecular weight is 375 g/mol. The van der Waals surface area contributed by atoms with Gasteiger partial charge in [0.15, 0.2) is 11.4 Å². The van der Waals surface area contributed by atoms with Crippen LogP contribution < -0.4 is 5.32 Å². The first-order valence-corrected chi connectivity index (χ1v) is 9.24. The molecular weight excluding hydrogens is 354 g/mol. The molecule has 0 unspecified atom stereocenters. The van der Waals surface area contributed by atoms with E-state index < -0.39 is 6.04 Å². The number of benzene rings is 1. The Morgan fingerprint density at radius 3 is 2.82 bits per heavy atom. The molecule has 0 aliphatic rings. The molecule has 1 aromatic carbocycles. The van der Waals surface area contributed by atoms with Crippen molar-refractivity contribution in [2.24, 2.45) is 0 Å². The summed E-state index contributed by atoms with van der Waals surface area (Å²) in [6.07, 6.45) is 9.32. The third-order valence-electron chi connectivity index (χ3n) is 4.98. The van der Waals surface area contributed by atoms with Crippen LogP contribution in [0.3, 0.4) is 0 Å². The molecule has 4 aromatic rings. The second-order valence-corrected chi connectivity index (χ2v) is 6.72. The molecule has 4 rings (SSSR count). The van der Waals surface area contributed by atoms with Crippen LogP contribution in [0, 0.1) is 0 Å². The Hall–Kier alpha value is -3.48. The highest BCUT2D eigenvalue weighted by molar-refractivity contribution is 6.07. The van der Waals surface area contributed by atoms with Gasteiger partial charge >= 0.3 is 0 Å². The number of hydrogen-bond acceptors (Lipinski definition) is 4. The molecular formula is C21H21N5O2. The number of ketones is 1. The van der Waals surface area contributed by atoms with Crippen molar-refractivity contribution in [3.05, 3.63) is 66.5 Å². The molecule has 1 N–H and O–H groups in total. The number of hydrogen-bond donors (Lipinski definition) is 1. The van der Waals surface area contributed by atoms with E-state index in [1.807, 2.05) is 46.4 Å². The van der Waals surface area contributed by atoms with Gasteiger partial charge in [-0.05, 0) is 19.4 Å². The average Bonchev–Trinajstić information content (AvgIpc) is 3.29. The largest absolute Gasteiger partial charge is 0.349 e. The molecule has 1 amide bonds. The van der Waals surface area contributed by atoms with Gasteiger partial charge in [0, 0.05) is 35.1 Å². The highest BCUT2D eigenvalue weighted by Crippen LogP contribution is 2.26. The molecule has 0 spiro atoms. The maximum Gasteiger partial charge on any atom is 0.243 e. The van der Waals surface area contributed by atoms with Crippen LogP contribution in [0.1, 0.15) is 42.4 Å². The minimum absolute atomic E-state index is 0.00968. The van der Waals surface area contributed by atoms with Gasteiger partial charge in [0.1, 0.15) is 6.04 Å². The van der Waals surface area contributed by atoms with Gasteiger partial charge in [0.05, 0.1) is 24.6 Å². The molecule has 1 atom stereocenters. The Morgan fingerprint density at radius 2 is 2.04 bits per heavy atom. The molecule has 0 aliphatic carbocycles. The van der Waals surface area contributed by atoms with Crippen LogP contribution in [0.25, 0.3) is 16.6 Å². The Bertz CT molecular complexity index is 1170. The Kier molecular flexibility index (Phi) is 4.65. The summed E-state index contributed by atoms with van der Waals surface area (Å²) in [4.78, 5) is 33.3. The maximum absolute atomic E-state index is 13.0. The van der Waals surface area contributed by atoms with Crippen LogP contribution in [0.2, 0.25) is 0 Å². The molecule has 3 heterocycles. The highest BCUT2D eigenvalue weighted by atomic mass is 16.2. The molecule has 28 heavy (non-hydrogen) atoms. The minimum Gasteiger partial charge on any atom is -0.349 e. The molecule has 0 aliphatic heterocycles. The number of Topliss-reactive ketones (excluding diaryl/α,β-unsaturated/α-hetero) is 1. The second kappa shape index (κ2) is 7.26. The predicted molar refractivity (Wildman–Crippen MR) is 106 cm³/mol. The molecule has 7 heteroatoms. The van der Waals surface area contributed by atoms with E-state index in [4.69, 9.17) is 0 Å². The smallest absolute Gasteiger partial charge is 0.243 e. The number of carbonyl (C=O) groups is 2. The number of para-hydroxylation sites is 1. The van der Waals surface area contributed by atoms with Crippen molar-refractivity contribution in [3.8, 4) is 0 Å². The number of fused-ring (bicyclic) bond motifs is 2. The predicted octanol–water partition coefficient (Wildman–Crippen LogP) is 3.15. The zero-order valence-electron chi connectivity index (χ0n) is 15.8. The Balaban J connectivity index is 1.61. The molecule has 0 saturated carbocycles. The van der Waals surface area contributed by atoms with E-state index in [9.17, 15) is 9.59 Å². The molecule has 7 nitrogen and oxygen atoms in total. The van der Waals surface area contributed by atoms with E-state index in [1.54, 1.807) is 31.7 Å². The summed E-state index contributed by atoms with van der Waals surface area (Å²) in [7, 11) is 0. The van der Waals surface area contributed by atoms with Gasteiger partial charge in [0.25, 0.3) is 0 Å². The lowest BCUT2D eigenvalue weighted by atomic mass is 10.1. The van der Waals surface area contributed by atoms with E-state index in [0.29, 0.717) is 18.5 Å². The fraction of sp³-hybridized carbons (Fsp3) is 0.238. The number of nitrogens with one attached hydrogen (secondary N) is 1. The highest BCUT2D eigenvalue weighted by Gasteiger charge is 2.22. The van der Waals surface area contributed by atoms with Crippen molar-refractivity contribution in [1.29, 1.82) is 0 Å². The van der Waals surface area contributed by atoms with E-state index in [-0.39, 0.29) is 11.7 Å². The summed E-state index contributed by atoms with van der Waals surface area (Å²) in [5, 5.41) is 3.87. The lowest BCUT2D eigenvalue weighted by Crippen LogP contribution is -2.32. The Morgan fingerprint density at radius 1 is 1.21 bits per heavy atom. The first-order valence-electron chi connectivity index (χ1n) is 9.24. The van der Waals surface area contributed by atoms with Gasteiger partial charge in [-0.25, -0.2) is 4.98 Å². The van der Waals surface area contributed by atoms with Crippen molar-refractivity contribution >= 4 is 28.2 Å². The summed E-state index contributed by atoms with van der Waals surface area (Å²) < 4.78 is 3.80. The van der Waals surface area contributed by atoms with Gasteiger partial charge in [-0.2, -0.15) is 0 Å². The van der Waals surface area contributed by atoms with Crippen LogP contribution in [0.15, 0.2) is 55.2 Å². The lowest BCUT2D eigenvalue weighted by Gasteiger charge is -2.18. The molecule has 0 radical (unpaired) electrons. The number of imidazole rings is 1. The van der Waals surface area contributed by atoms with Crippen LogP contribution in [-0.2, 0) is 11.3 Å².